The summed E-state index contributed by atoms with van der Waals surface area (Å²) in [6.45, 7) is 3.53. The molecule has 2 heterocycles. The summed E-state index contributed by atoms with van der Waals surface area (Å²) in [4.78, 5) is 0. The Labute approximate surface area is 70.9 Å². The lowest BCUT2D eigenvalue weighted by atomic mass is 10.2. The number of anilines is 1. The predicted octanol–water partition coefficient (Wildman–Crippen LogP) is 1.18. The van der Waals surface area contributed by atoms with Crippen LogP contribution in [0.5, 0.6) is 0 Å². The molecule has 0 aromatic carbocycles. The molecule has 0 aliphatic carbocycles. The predicted molar refractivity (Wildman–Crippen MR) is 44.1 cm³/mol. The van der Waals surface area contributed by atoms with Gasteiger partial charge in [0.05, 0.1) is 24.5 Å². The minimum absolute atomic E-state index is 0.420. The zero-order valence-electron chi connectivity index (χ0n) is 7.04. The van der Waals surface area contributed by atoms with E-state index in [1.165, 1.54) is 0 Å². The molecule has 1 fully saturated rings. The molecular formula is C8H12N2O2. The Morgan fingerprint density at radius 2 is 2.58 bits per heavy atom. The molecule has 2 rings (SSSR count). The first-order valence-corrected chi connectivity index (χ1v) is 4.12. The maximum absolute atomic E-state index is 5.23. The molecule has 66 valence electrons. The summed E-state index contributed by atoms with van der Waals surface area (Å²) in [6, 6.07) is 0.420. The topological polar surface area (TPSA) is 47.3 Å². The highest BCUT2D eigenvalue weighted by molar-refractivity contribution is 5.44. The van der Waals surface area contributed by atoms with Crippen LogP contribution in [0.3, 0.4) is 0 Å². The Bertz CT molecular complexity index is 253. The van der Waals surface area contributed by atoms with Gasteiger partial charge >= 0.3 is 0 Å². The second-order valence-corrected chi connectivity index (χ2v) is 3.00. The maximum Gasteiger partial charge on any atom is 0.156 e. The molecule has 1 aromatic rings. The normalized spacial score (nSPS) is 22.9. The molecule has 1 N–H and O–H groups in total. The largest absolute Gasteiger partial charge is 0.379 e. The fourth-order valence-corrected chi connectivity index (χ4v) is 1.31. The van der Waals surface area contributed by atoms with Crippen LogP contribution < -0.4 is 5.32 Å². The summed E-state index contributed by atoms with van der Waals surface area (Å²) < 4.78 is 10.2. The molecule has 0 radical (unpaired) electrons. The summed E-state index contributed by atoms with van der Waals surface area (Å²) in [5.74, 6) is 0.835. The summed E-state index contributed by atoms with van der Waals surface area (Å²) in [7, 11) is 0. The first-order chi connectivity index (χ1) is 5.86. The third-order valence-electron chi connectivity index (χ3n) is 2.04. The second kappa shape index (κ2) is 3.15. The van der Waals surface area contributed by atoms with Crippen molar-refractivity contribution in [2.24, 2.45) is 0 Å². The second-order valence-electron chi connectivity index (χ2n) is 3.00. The van der Waals surface area contributed by atoms with Crippen molar-refractivity contribution in [1.29, 1.82) is 0 Å². The highest BCUT2D eigenvalue weighted by Gasteiger charge is 2.16. The first kappa shape index (κ1) is 7.61. The average Bonchev–Trinajstić information content (AvgIpc) is 2.65. The number of nitrogens with zero attached hydrogens (tertiary/aromatic N) is 1. The molecule has 0 bridgehead atoms. The van der Waals surface area contributed by atoms with Gasteiger partial charge in [0.15, 0.2) is 5.76 Å². The molecule has 1 aromatic heterocycles. The SMILES string of the molecule is Cc1oncc1NC1CCOC1. The molecule has 1 saturated heterocycles. The van der Waals surface area contributed by atoms with Gasteiger partial charge in [-0.25, -0.2) is 0 Å². The molecule has 0 spiro atoms. The third kappa shape index (κ3) is 1.43. The quantitative estimate of drug-likeness (QED) is 0.720. The number of ether oxygens (including phenoxy) is 1. The average molecular weight is 168 g/mol. The molecule has 1 atom stereocenters. The Morgan fingerprint density at radius 1 is 1.67 bits per heavy atom. The van der Waals surface area contributed by atoms with Crippen molar-refractivity contribution in [2.45, 2.75) is 19.4 Å². The first-order valence-electron chi connectivity index (χ1n) is 4.12. The fraction of sp³-hybridized carbons (Fsp3) is 0.625. The number of aromatic nitrogens is 1. The smallest absolute Gasteiger partial charge is 0.156 e. The van der Waals surface area contributed by atoms with Crippen LogP contribution in [0.15, 0.2) is 10.7 Å². The van der Waals surface area contributed by atoms with Gasteiger partial charge in [0, 0.05) is 6.61 Å². The van der Waals surface area contributed by atoms with Gasteiger partial charge < -0.3 is 14.6 Å². The summed E-state index contributed by atoms with van der Waals surface area (Å²) >= 11 is 0. The fourth-order valence-electron chi connectivity index (χ4n) is 1.31. The maximum atomic E-state index is 5.23. The summed E-state index contributed by atoms with van der Waals surface area (Å²) in [5.41, 5.74) is 0.977. The van der Waals surface area contributed by atoms with E-state index in [0.717, 1.165) is 31.1 Å². The zero-order valence-corrected chi connectivity index (χ0v) is 7.04. The van der Waals surface area contributed by atoms with E-state index in [0.29, 0.717) is 6.04 Å². The van der Waals surface area contributed by atoms with E-state index in [2.05, 4.69) is 10.5 Å². The minimum atomic E-state index is 0.420. The van der Waals surface area contributed by atoms with Gasteiger partial charge in [-0.15, -0.1) is 0 Å². The number of aryl methyl sites for hydroxylation is 1. The van der Waals surface area contributed by atoms with E-state index in [-0.39, 0.29) is 0 Å². The number of rotatable bonds is 2. The van der Waals surface area contributed by atoms with Crippen molar-refractivity contribution in [3.05, 3.63) is 12.0 Å². The van der Waals surface area contributed by atoms with Crippen molar-refractivity contribution in [3.63, 3.8) is 0 Å². The lowest BCUT2D eigenvalue weighted by Gasteiger charge is -2.09. The minimum Gasteiger partial charge on any atom is -0.379 e. The molecule has 12 heavy (non-hydrogen) atoms. The number of nitrogens with one attached hydrogen (secondary N) is 1. The van der Waals surface area contributed by atoms with E-state index in [4.69, 9.17) is 9.26 Å². The lowest BCUT2D eigenvalue weighted by Crippen LogP contribution is -2.18. The Balaban J connectivity index is 1.98. The van der Waals surface area contributed by atoms with Crippen molar-refractivity contribution in [3.8, 4) is 0 Å². The molecule has 1 aliphatic rings. The van der Waals surface area contributed by atoms with Crippen LogP contribution in [0.2, 0.25) is 0 Å². The van der Waals surface area contributed by atoms with E-state index in [9.17, 15) is 0 Å². The Hall–Kier alpha value is -1.03. The van der Waals surface area contributed by atoms with E-state index in [1.807, 2.05) is 6.92 Å². The van der Waals surface area contributed by atoms with Crippen LogP contribution >= 0.6 is 0 Å². The van der Waals surface area contributed by atoms with Gasteiger partial charge in [0.2, 0.25) is 0 Å². The molecule has 0 saturated carbocycles. The Morgan fingerprint density at radius 3 is 3.17 bits per heavy atom. The van der Waals surface area contributed by atoms with Crippen LogP contribution in [-0.2, 0) is 4.74 Å². The monoisotopic (exact) mass is 168 g/mol. The van der Waals surface area contributed by atoms with Gasteiger partial charge in [0.1, 0.15) is 0 Å². The van der Waals surface area contributed by atoms with Crippen LogP contribution in [0.25, 0.3) is 0 Å². The van der Waals surface area contributed by atoms with E-state index >= 15 is 0 Å². The molecule has 1 aliphatic heterocycles. The molecular weight excluding hydrogens is 156 g/mol. The van der Waals surface area contributed by atoms with Crippen molar-refractivity contribution in [2.75, 3.05) is 18.5 Å². The van der Waals surface area contributed by atoms with Crippen LogP contribution in [0.1, 0.15) is 12.2 Å². The molecule has 0 amide bonds. The third-order valence-corrected chi connectivity index (χ3v) is 2.04. The molecule has 1 unspecified atom stereocenters. The summed E-state index contributed by atoms with van der Waals surface area (Å²) in [6.07, 6.45) is 2.76. The van der Waals surface area contributed by atoms with Crippen molar-refractivity contribution >= 4 is 5.69 Å². The van der Waals surface area contributed by atoms with Gasteiger partial charge in [-0.2, -0.15) is 0 Å². The Kier molecular flexibility index (Phi) is 1.99. The lowest BCUT2D eigenvalue weighted by molar-refractivity contribution is 0.195. The number of hydrogen-bond acceptors (Lipinski definition) is 4. The van der Waals surface area contributed by atoms with Gasteiger partial charge in [0.25, 0.3) is 0 Å². The van der Waals surface area contributed by atoms with Crippen LogP contribution in [0.4, 0.5) is 5.69 Å². The van der Waals surface area contributed by atoms with E-state index < -0.39 is 0 Å². The van der Waals surface area contributed by atoms with Crippen LogP contribution in [0, 0.1) is 6.92 Å². The number of hydrogen-bond donors (Lipinski definition) is 1. The molecule has 4 nitrogen and oxygen atoms in total. The highest BCUT2D eigenvalue weighted by Crippen LogP contribution is 2.16. The molecule has 4 heteroatoms. The zero-order chi connectivity index (χ0) is 8.39. The van der Waals surface area contributed by atoms with Gasteiger partial charge in [-0.1, -0.05) is 5.16 Å². The summed E-state index contributed by atoms with van der Waals surface area (Å²) in [5, 5.41) is 6.99. The van der Waals surface area contributed by atoms with Crippen LogP contribution in [-0.4, -0.2) is 24.4 Å². The van der Waals surface area contributed by atoms with Crippen molar-refractivity contribution < 1.29 is 9.26 Å². The van der Waals surface area contributed by atoms with Gasteiger partial charge in [-0.3, -0.25) is 0 Å². The van der Waals surface area contributed by atoms with Gasteiger partial charge in [-0.05, 0) is 13.3 Å². The van der Waals surface area contributed by atoms with Crippen molar-refractivity contribution in [1.82, 2.24) is 5.16 Å². The highest BCUT2D eigenvalue weighted by atomic mass is 16.5. The standard InChI is InChI=1S/C8H12N2O2/c1-6-8(4-9-12-6)10-7-2-3-11-5-7/h4,7,10H,2-3,5H2,1H3. The van der Waals surface area contributed by atoms with E-state index in [1.54, 1.807) is 6.20 Å².